The van der Waals surface area contributed by atoms with E-state index in [1.54, 1.807) is 12.1 Å². The van der Waals surface area contributed by atoms with E-state index in [-0.39, 0.29) is 29.5 Å². The predicted molar refractivity (Wildman–Crippen MR) is 94.1 cm³/mol. The highest BCUT2D eigenvalue weighted by atomic mass is 32.2. The number of nitrogens with zero attached hydrogens (tertiary/aromatic N) is 1. The van der Waals surface area contributed by atoms with Gasteiger partial charge in [0.05, 0.1) is 10.6 Å². The number of hydrogen-bond acceptors (Lipinski definition) is 4. The van der Waals surface area contributed by atoms with E-state index in [1.165, 1.54) is 6.07 Å². The quantitative estimate of drug-likeness (QED) is 0.875. The first-order valence-electron chi connectivity index (χ1n) is 8.74. The number of carbonyl (C=O) groups excluding carboxylic acids is 2. The molecule has 1 atom stereocenters. The van der Waals surface area contributed by atoms with Crippen molar-refractivity contribution in [2.45, 2.75) is 44.0 Å². The fraction of sp³-hybridized carbons (Fsp3) is 0.556. The molecule has 25 heavy (non-hydrogen) atoms. The highest BCUT2D eigenvalue weighted by Gasteiger charge is 2.30. The van der Waals surface area contributed by atoms with Crippen LogP contribution >= 0.6 is 0 Å². The van der Waals surface area contributed by atoms with Gasteiger partial charge in [-0.3, -0.25) is 9.59 Å². The molecule has 1 saturated heterocycles. The molecule has 1 aromatic rings. The summed E-state index contributed by atoms with van der Waals surface area (Å²) in [6.07, 6.45) is 2.30. The minimum Gasteiger partial charge on any atom is -0.350 e. The smallest absolute Gasteiger partial charge is 0.251 e. The molecule has 6 nitrogen and oxygen atoms in total. The molecule has 3 rings (SSSR count). The molecular weight excluding hydrogens is 340 g/mol. The van der Waals surface area contributed by atoms with Gasteiger partial charge in [0.25, 0.3) is 5.91 Å². The van der Waals surface area contributed by atoms with Gasteiger partial charge in [0.15, 0.2) is 9.84 Å². The van der Waals surface area contributed by atoms with Crippen molar-refractivity contribution in [2.24, 2.45) is 5.92 Å². The average Bonchev–Trinajstić information content (AvgIpc) is 3.16. The summed E-state index contributed by atoms with van der Waals surface area (Å²) in [6, 6.07) is 4.79. The maximum atomic E-state index is 12.4. The Labute approximate surface area is 148 Å². The molecule has 0 bridgehead atoms. The van der Waals surface area contributed by atoms with Crippen LogP contribution in [0.5, 0.6) is 0 Å². The van der Waals surface area contributed by atoms with E-state index in [1.807, 2.05) is 18.7 Å². The lowest BCUT2D eigenvalue weighted by Gasteiger charge is -2.26. The molecule has 1 aromatic carbocycles. The number of aryl methyl sites for hydroxylation is 1. The van der Waals surface area contributed by atoms with Crippen LogP contribution in [0.15, 0.2) is 23.1 Å². The van der Waals surface area contributed by atoms with Gasteiger partial charge in [0.2, 0.25) is 5.91 Å². The highest BCUT2D eigenvalue weighted by molar-refractivity contribution is 7.91. The number of fused-ring (bicyclic) bond motifs is 1. The van der Waals surface area contributed by atoms with E-state index < -0.39 is 9.84 Å². The summed E-state index contributed by atoms with van der Waals surface area (Å²) >= 11 is 0. The van der Waals surface area contributed by atoms with E-state index in [0.29, 0.717) is 29.0 Å². The Bertz CT molecular complexity index is 801. The van der Waals surface area contributed by atoms with Crippen molar-refractivity contribution in [1.29, 1.82) is 0 Å². The molecule has 7 heteroatoms. The fourth-order valence-electron chi connectivity index (χ4n) is 3.56. The van der Waals surface area contributed by atoms with Crippen LogP contribution in [0.25, 0.3) is 0 Å². The summed E-state index contributed by atoms with van der Waals surface area (Å²) in [5, 5.41) is 2.89. The Balaban J connectivity index is 1.65. The number of rotatable bonds is 4. The average molecular weight is 364 g/mol. The maximum absolute atomic E-state index is 12.4. The second-order valence-electron chi connectivity index (χ2n) is 7.08. The van der Waals surface area contributed by atoms with E-state index in [2.05, 4.69) is 5.32 Å². The largest absolute Gasteiger partial charge is 0.350 e. The molecule has 0 radical (unpaired) electrons. The van der Waals surface area contributed by atoms with Crippen LogP contribution in [0.1, 0.15) is 42.6 Å². The summed E-state index contributed by atoms with van der Waals surface area (Å²) in [4.78, 5) is 26.8. The standard InChI is InChI=1S/C18H24N2O4S/c1-12(2)18(22)20-8-3-4-15(20)11-19-17(21)14-5-6-16-13(10-14)7-9-25(16,23)24/h5-6,10,12,15H,3-4,7-9,11H2,1-2H3,(H,19,21)/t15-/m0/s1. The number of carbonyl (C=O) groups is 2. The Kier molecular flexibility index (Phi) is 4.86. The second kappa shape index (κ2) is 6.78. The lowest BCUT2D eigenvalue weighted by atomic mass is 10.1. The number of amides is 2. The molecule has 0 aromatic heterocycles. The maximum Gasteiger partial charge on any atom is 0.251 e. The molecule has 0 spiro atoms. The van der Waals surface area contributed by atoms with Crippen LogP contribution < -0.4 is 5.32 Å². The van der Waals surface area contributed by atoms with Crippen molar-refractivity contribution >= 4 is 21.7 Å². The van der Waals surface area contributed by atoms with Crippen molar-refractivity contribution < 1.29 is 18.0 Å². The highest BCUT2D eigenvalue weighted by Crippen LogP contribution is 2.26. The third-order valence-corrected chi connectivity index (χ3v) is 6.76. The zero-order valence-electron chi connectivity index (χ0n) is 14.6. The van der Waals surface area contributed by atoms with E-state index >= 15 is 0 Å². The van der Waals surface area contributed by atoms with Crippen molar-refractivity contribution in [3.05, 3.63) is 29.3 Å². The third kappa shape index (κ3) is 3.56. The van der Waals surface area contributed by atoms with Gasteiger partial charge in [-0.15, -0.1) is 0 Å². The molecule has 136 valence electrons. The van der Waals surface area contributed by atoms with E-state index in [4.69, 9.17) is 0 Å². The minimum atomic E-state index is -3.17. The van der Waals surface area contributed by atoms with Crippen LogP contribution in [-0.2, 0) is 21.1 Å². The second-order valence-corrected chi connectivity index (χ2v) is 9.16. The van der Waals surface area contributed by atoms with Gasteiger partial charge in [0, 0.05) is 30.6 Å². The number of sulfone groups is 1. The first-order valence-corrected chi connectivity index (χ1v) is 10.4. The molecule has 2 amide bonds. The van der Waals surface area contributed by atoms with Gasteiger partial charge in [-0.1, -0.05) is 13.8 Å². The van der Waals surface area contributed by atoms with Gasteiger partial charge in [0.1, 0.15) is 0 Å². The lowest BCUT2D eigenvalue weighted by Crippen LogP contribution is -2.44. The first-order chi connectivity index (χ1) is 11.8. The topological polar surface area (TPSA) is 83.6 Å². The van der Waals surface area contributed by atoms with E-state index in [0.717, 1.165) is 19.4 Å². The van der Waals surface area contributed by atoms with Crippen molar-refractivity contribution in [2.75, 3.05) is 18.8 Å². The molecule has 2 aliphatic heterocycles. The molecule has 1 N–H and O–H groups in total. The van der Waals surface area contributed by atoms with Gasteiger partial charge >= 0.3 is 0 Å². The zero-order valence-corrected chi connectivity index (χ0v) is 15.4. The van der Waals surface area contributed by atoms with Crippen LogP contribution in [0.4, 0.5) is 0 Å². The summed E-state index contributed by atoms with van der Waals surface area (Å²) < 4.78 is 23.7. The minimum absolute atomic E-state index is 0.0358. The molecule has 1 fully saturated rings. The number of likely N-dealkylation sites (tertiary alicyclic amines) is 1. The Morgan fingerprint density at radius 3 is 2.80 bits per heavy atom. The van der Waals surface area contributed by atoms with Crippen LogP contribution in [0.2, 0.25) is 0 Å². The van der Waals surface area contributed by atoms with Crippen LogP contribution in [-0.4, -0.2) is 50.0 Å². The van der Waals surface area contributed by atoms with Crippen molar-refractivity contribution in [1.82, 2.24) is 10.2 Å². The predicted octanol–water partition coefficient (Wildman–Crippen LogP) is 1.39. The van der Waals surface area contributed by atoms with Gasteiger partial charge in [-0.25, -0.2) is 8.42 Å². The number of nitrogens with one attached hydrogen (secondary N) is 1. The van der Waals surface area contributed by atoms with Gasteiger partial charge < -0.3 is 10.2 Å². The number of hydrogen-bond donors (Lipinski definition) is 1. The summed E-state index contributed by atoms with van der Waals surface area (Å²) in [5.74, 6) is -0.0349. The molecule has 2 aliphatic rings. The summed E-state index contributed by atoms with van der Waals surface area (Å²) in [6.45, 7) is 4.94. The lowest BCUT2D eigenvalue weighted by molar-refractivity contribution is -0.135. The molecular formula is C18H24N2O4S. The first kappa shape index (κ1) is 17.9. The summed E-state index contributed by atoms with van der Waals surface area (Å²) in [7, 11) is -3.17. The zero-order chi connectivity index (χ0) is 18.2. The van der Waals surface area contributed by atoms with Gasteiger partial charge in [-0.2, -0.15) is 0 Å². The molecule has 0 aliphatic carbocycles. The SMILES string of the molecule is CC(C)C(=O)N1CCC[C@H]1CNC(=O)c1ccc2c(c1)CCS2(=O)=O. The molecule has 0 saturated carbocycles. The number of benzene rings is 1. The van der Waals surface area contributed by atoms with Crippen molar-refractivity contribution in [3.63, 3.8) is 0 Å². The Morgan fingerprint density at radius 1 is 1.32 bits per heavy atom. The normalized spacial score (nSPS) is 21.4. The third-order valence-electron chi connectivity index (χ3n) is 4.95. The van der Waals surface area contributed by atoms with Crippen LogP contribution in [0.3, 0.4) is 0 Å². The van der Waals surface area contributed by atoms with E-state index in [9.17, 15) is 18.0 Å². The summed E-state index contributed by atoms with van der Waals surface area (Å²) in [5.41, 5.74) is 1.18. The Morgan fingerprint density at radius 2 is 2.08 bits per heavy atom. The van der Waals surface area contributed by atoms with Crippen molar-refractivity contribution in [3.8, 4) is 0 Å². The fourth-order valence-corrected chi connectivity index (χ4v) is 5.10. The van der Waals surface area contributed by atoms with Crippen LogP contribution in [0, 0.1) is 5.92 Å². The molecule has 2 heterocycles. The molecule has 0 unspecified atom stereocenters. The van der Waals surface area contributed by atoms with Gasteiger partial charge in [-0.05, 0) is 43.0 Å². The monoisotopic (exact) mass is 364 g/mol. The Hall–Kier alpha value is -1.89.